The van der Waals surface area contributed by atoms with Gasteiger partial charge in [0.05, 0.1) is 10.7 Å². The summed E-state index contributed by atoms with van der Waals surface area (Å²) in [6.45, 7) is 0. The first-order valence-electron chi connectivity index (χ1n) is 3.17. The molecule has 0 aliphatic carbocycles. The summed E-state index contributed by atoms with van der Waals surface area (Å²) in [4.78, 5) is 3.23. The highest BCUT2D eigenvalue weighted by Gasteiger charge is 2.32. The topological polar surface area (TPSA) is 48.1 Å². The summed E-state index contributed by atoms with van der Waals surface area (Å²) in [5, 5.41) is -0.485. The second kappa shape index (κ2) is 3.70. The van der Waals surface area contributed by atoms with Crippen LogP contribution in [0.25, 0.3) is 0 Å². The van der Waals surface area contributed by atoms with Crippen LogP contribution in [0.5, 0.6) is 5.88 Å². The first-order chi connectivity index (χ1) is 6.29. The Balaban J connectivity index is 3.02. The molecule has 0 radical (unpaired) electrons. The molecule has 1 aromatic rings. The number of nitrogens with two attached hydrogens (primary N) is 1. The fourth-order valence-corrected chi connectivity index (χ4v) is 1.06. The van der Waals surface area contributed by atoms with E-state index in [4.69, 9.17) is 28.9 Å². The van der Waals surface area contributed by atoms with E-state index >= 15 is 0 Å². The highest BCUT2D eigenvalue weighted by atomic mass is 35.5. The zero-order valence-corrected chi connectivity index (χ0v) is 7.91. The third-order valence-electron chi connectivity index (χ3n) is 1.16. The third kappa shape index (κ3) is 2.81. The number of hydrogen-bond acceptors (Lipinski definition) is 3. The second-order valence-electron chi connectivity index (χ2n) is 2.19. The molecule has 8 heteroatoms. The van der Waals surface area contributed by atoms with Crippen LogP contribution in [0.4, 0.5) is 18.9 Å². The standard InChI is InChI=1S/C6H3Cl2F3N2O/c7-2-1-3(14-6(9,10)11)13-5(8)4(2)12/h1H,12H2. The van der Waals surface area contributed by atoms with E-state index in [2.05, 4.69) is 9.72 Å². The van der Waals surface area contributed by atoms with Crippen LogP contribution < -0.4 is 10.5 Å². The van der Waals surface area contributed by atoms with Crippen molar-refractivity contribution in [3.05, 3.63) is 16.2 Å². The fraction of sp³-hybridized carbons (Fsp3) is 0.167. The molecule has 0 saturated heterocycles. The Labute approximate surface area is 86.6 Å². The van der Waals surface area contributed by atoms with Gasteiger partial charge >= 0.3 is 6.36 Å². The molecule has 0 aromatic carbocycles. The van der Waals surface area contributed by atoms with Gasteiger partial charge in [-0.15, -0.1) is 13.2 Å². The van der Waals surface area contributed by atoms with Gasteiger partial charge in [-0.2, -0.15) is 4.98 Å². The Morgan fingerprint density at radius 3 is 2.36 bits per heavy atom. The lowest BCUT2D eigenvalue weighted by atomic mass is 10.4. The Morgan fingerprint density at radius 2 is 1.93 bits per heavy atom. The molecule has 14 heavy (non-hydrogen) atoms. The van der Waals surface area contributed by atoms with Crippen molar-refractivity contribution in [3.8, 4) is 5.88 Å². The van der Waals surface area contributed by atoms with E-state index in [-0.39, 0.29) is 15.9 Å². The summed E-state index contributed by atoms with van der Waals surface area (Å²) >= 11 is 10.8. The highest BCUT2D eigenvalue weighted by Crippen LogP contribution is 2.31. The largest absolute Gasteiger partial charge is 0.574 e. The molecule has 0 atom stereocenters. The number of pyridine rings is 1. The molecule has 0 unspecified atom stereocenters. The molecule has 3 nitrogen and oxygen atoms in total. The maximum absolute atomic E-state index is 11.7. The summed E-state index contributed by atoms with van der Waals surface area (Å²) < 4.78 is 38.7. The van der Waals surface area contributed by atoms with E-state index in [1.165, 1.54) is 0 Å². The lowest BCUT2D eigenvalue weighted by Gasteiger charge is -2.09. The number of nitrogen functional groups attached to an aromatic ring is 1. The first-order valence-corrected chi connectivity index (χ1v) is 3.92. The third-order valence-corrected chi connectivity index (χ3v) is 1.76. The monoisotopic (exact) mass is 246 g/mol. The van der Waals surface area contributed by atoms with Gasteiger partial charge in [0.25, 0.3) is 0 Å². The summed E-state index contributed by atoms with van der Waals surface area (Å²) in [5.74, 6) is -0.748. The zero-order valence-electron chi connectivity index (χ0n) is 6.40. The van der Waals surface area contributed by atoms with Crippen molar-refractivity contribution in [3.63, 3.8) is 0 Å². The van der Waals surface area contributed by atoms with E-state index in [1.54, 1.807) is 0 Å². The van der Waals surface area contributed by atoms with E-state index in [0.29, 0.717) is 0 Å². The second-order valence-corrected chi connectivity index (χ2v) is 2.96. The average molecular weight is 247 g/mol. The molecule has 1 heterocycles. The number of ether oxygens (including phenoxy) is 1. The van der Waals surface area contributed by atoms with Crippen molar-refractivity contribution >= 4 is 28.9 Å². The molecule has 0 aliphatic rings. The van der Waals surface area contributed by atoms with Crippen LogP contribution in [0, 0.1) is 0 Å². The molecule has 1 aromatic heterocycles. The van der Waals surface area contributed by atoms with Crippen LogP contribution in [0.2, 0.25) is 10.2 Å². The van der Waals surface area contributed by atoms with E-state index < -0.39 is 12.2 Å². The van der Waals surface area contributed by atoms with Crippen LogP contribution >= 0.6 is 23.2 Å². The highest BCUT2D eigenvalue weighted by molar-refractivity contribution is 6.38. The molecule has 2 N–H and O–H groups in total. The summed E-state index contributed by atoms with van der Waals surface area (Å²) in [6.07, 6.45) is -4.84. The van der Waals surface area contributed by atoms with Crippen molar-refractivity contribution in [1.82, 2.24) is 4.98 Å². The lowest BCUT2D eigenvalue weighted by molar-refractivity contribution is -0.276. The van der Waals surface area contributed by atoms with Crippen LogP contribution in [0.1, 0.15) is 0 Å². The molecule has 0 bridgehead atoms. The van der Waals surface area contributed by atoms with Crippen molar-refractivity contribution in [2.24, 2.45) is 0 Å². The quantitative estimate of drug-likeness (QED) is 0.776. The molecule has 0 saturated carbocycles. The molecule has 1 rings (SSSR count). The van der Waals surface area contributed by atoms with Crippen LogP contribution in [-0.2, 0) is 0 Å². The van der Waals surface area contributed by atoms with E-state index in [9.17, 15) is 13.2 Å². The summed E-state index contributed by atoms with van der Waals surface area (Å²) in [7, 11) is 0. The predicted octanol–water partition coefficient (Wildman–Crippen LogP) is 2.87. The van der Waals surface area contributed by atoms with E-state index in [0.717, 1.165) is 6.07 Å². The first kappa shape index (κ1) is 11.2. The number of nitrogens with zero attached hydrogens (tertiary/aromatic N) is 1. The maximum atomic E-state index is 11.7. The Kier molecular flexibility index (Phi) is 2.96. The number of hydrogen-bond donors (Lipinski definition) is 1. The molecular weight excluding hydrogens is 244 g/mol. The van der Waals surface area contributed by atoms with Crippen molar-refractivity contribution in [2.45, 2.75) is 6.36 Å². The van der Waals surface area contributed by atoms with Crippen LogP contribution in [0.15, 0.2) is 6.07 Å². The van der Waals surface area contributed by atoms with Crippen molar-refractivity contribution in [2.75, 3.05) is 5.73 Å². The molecule has 0 fully saturated rings. The summed E-state index contributed by atoms with van der Waals surface area (Å²) in [6, 6.07) is 0.830. The molecular formula is C6H3Cl2F3N2O. The average Bonchev–Trinajstić information content (AvgIpc) is 1.96. The van der Waals surface area contributed by atoms with Gasteiger partial charge in [-0.3, -0.25) is 0 Å². The zero-order chi connectivity index (χ0) is 10.9. The van der Waals surface area contributed by atoms with E-state index in [1.807, 2.05) is 0 Å². The smallest absolute Gasteiger partial charge is 0.395 e. The molecule has 78 valence electrons. The van der Waals surface area contributed by atoms with Gasteiger partial charge < -0.3 is 10.5 Å². The van der Waals surface area contributed by atoms with Gasteiger partial charge in [-0.1, -0.05) is 23.2 Å². The van der Waals surface area contributed by atoms with Crippen molar-refractivity contribution < 1.29 is 17.9 Å². The minimum Gasteiger partial charge on any atom is -0.395 e. The van der Waals surface area contributed by atoms with Gasteiger partial charge in [0.15, 0.2) is 5.15 Å². The number of alkyl halides is 3. The van der Waals surface area contributed by atoms with Gasteiger partial charge in [0.2, 0.25) is 5.88 Å². The normalized spacial score (nSPS) is 11.5. The molecule has 0 aliphatic heterocycles. The Bertz CT molecular complexity index is 332. The molecule has 0 spiro atoms. The van der Waals surface area contributed by atoms with Gasteiger partial charge in [0, 0.05) is 6.07 Å². The maximum Gasteiger partial charge on any atom is 0.574 e. The van der Waals surface area contributed by atoms with Crippen molar-refractivity contribution in [1.29, 1.82) is 0 Å². The Morgan fingerprint density at radius 1 is 1.36 bits per heavy atom. The van der Waals surface area contributed by atoms with Gasteiger partial charge in [0.1, 0.15) is 0 Å². The minimum atomic E-state index is -4.84. The lowest BCUT2D eigenvalue weighted by Crippen LogP contribution is -2.18. The number of halogens is 5. The predicted molar refractivity (Wildman–Crippen MR) is 45.4 cm³/mol. The SMILES string of the molecule is Nc1c(Cl)cc(OC(F)(F)F)nc1Cl. The number of anilines is 1. The summed E-state index contributed by atoms with van der Waals surface area (Å²) in [5.41, 5.74) is 5.16. The minimum absolute atomic E-state index is 0.0946. The Hall–Kier alpha value is -0.880. The fourth-order valence-electron chi connectivity index (χ4n) is 0.645. The van der Waals surface area contributed by atoms with Crippen LogP contribution in [-0.4, -0.2) is 11.3 Å². The number of aromatic nitrogens is 1. The number of rotatable bonds is 1. The van der Waals surface area contributed by atoms with Gasteiger partial charge in [-0.25, -0.2) is 0 Å². The van der Waals surface area contributed by atoms with Crippen LogP contribution in [0.3, 0.4) is 0 Å². The van der Waals surface area contributed by atoms with Gasteiger partial charge in [-0.05, 0) is 0 Å². The molecule has 0 amide bonds.